The average Bonchev–Trinajstić information content (AvgIpc) is 2.81. The fourth-order valence-corrected chi connectivity index (χ4v) is 3.59. The van der Waals surface area contributed by atoms with Gasteiger partial charge in [-0.2, -0.15) is 0 Å². The van der Waals surface area contributed by atoms with E-state index in [0.717, 1.165) is 16.5 Å². The van der Waals surface area contributed by atoms with Crippen molar-refractivity contribution in [3.05, 3.63) is 55.9 Å². The summed E-state index contributed by atoms with van der Waals surface area (Å²) in [5.74, 6) is -0.221. The van der Waals surface area contributed by atoms with Crippen molar-refractivity contribution in [1.29, 1.82) is 0 Å². The zero-order chi connectivity index (χ0) is 13.1. The smallest absolute Gasteiger partial charge is 0.124 e. The van der Waals surface area contributed by atoms with E-state index in [0.29, 0.717) is 0 Å². The summed E-state index contributed by atoms with van der Waals surface area (Å²) in [5, 5.41) is 3.29. The van der Waals surface area contributed by atoms with E-state index in [9.17, 15) is 4.39 Å². The molecule has 0 saturated carbocycles. The maximum absolute atomic E-state index is 13.1. The molecule has 0 spiro atoms. The second kappa shape index (κ2) is 5.95. The second-order valence-electron chi connectivity index (χ2n) is 4.05. The zero-order valence-electron chi connectivity index (χ0n) is 10.3. The largest absolute Gasteiger partial charge is 0.309 e. The van der Waals surface area contributed by atoms with Crippen LogP contribution in [0.5, 0.6) is 0 Å². The van der Waals surface area contributed by atoms with E-state index in [-0.39, 0.29) is 11.9 Å². The number of thiophene rings is 1. The zero-order valence-corrected chi connectivity index (χ0v) is 12.7. The first-order valence-corrected chi connectivity index (χ1v) is 7.47. The Morgan fingerprint density at radius 2 is 2.11 bits per heavy atom. The van der Waals surface area contributed by atoms with Crippen molar-refractivity contribution in [2.45, 2.75) is 19.4 Å². The van der Waals surface area contributed by atoms with Gasteiger partial charge in [0.15, 0.2) is 0 Å². The average molecular weight is 328 g/mol. The van der Waals surface area contributed by atoms with E-state index >= 15 is 0 Å². The first kappa shape index (κ1) is 13.7. The Morgan fingerprint density at radius 3 is 2.67 bits per heavy atom. The van der Waals surface area contributed by atoms with E-state index in [1.54, 1.807) is 11.3 Å². The minimum Gasteiger partial charge on any atom is -0.309 e. The summed E-state index contributed by atoms with van der Waals surface area (Å²) in [6.45, 7) is 2.15. The third kappa shape index (κ3) is 2.82. The predicted octanol–water partition coefficient (Wildman–Crippen LogP) is 4.52. The van der Waals surface area contributed by atoms with Crippen LogP contribution in [0.4, 0.5) is 4.39 Å². The monoisotopic (exact) mass is 327 g/mol. The van der Waals surface area contributed by atoms with Crippen LogP contribution in [-0.4, -0.2) is 7.05 Å². The number of hydrogen-bond acceptors (Lipinski definition) is 2. The fraction of sp³-hybridized carbons (Fsp3) is 0.286. The van der Waals surface area contributed by atoms with Gasteiger partial charge in [0.25, 0.3) is 0 Å². The molecule has 0 bridgehead atoms. The Bertz CT molecular complexity index is 538. The van der Waals surface area contributed by atoms with Crippen molar-refractivity contribution in [3.8, 4) is 0 Å². The molecule has 0 radical (unpaired) electrons. The molecule has 1 atom stereocenters. The van der Waals surface area contributed by atoms with Crippen LogP contribution in [0.15, 0.2) is 34.8 Å². The lowest BCUT2D eigenvalue weighted by molar-refractivity contribution is 0.622. The summed E-state index contributed by atoms with van der Waals surface area (Å²) < 4.78 is 13.9. The van der Waals surface area contributed by atoms with E-state index in [1.807, 2.05) is 13.1 Å². The molecule has 1 aromatic heterocycles. The highest BCUT2D eigenvalue weighted by Crippen LogP contribution is 2.32. The van der Waals surface area contributed by atoms with Crippen LogP contribution in [0, 0.1) is 5.82 Å². The number of nitrogens with one attached hydrogen (secondary N) is 1. The number of benzene rings is 1. The Morgan fingerprint density at radius 1 is 1.33 bits per heavy atom. The molecule has 18 heavy (non-hydrogen) atoms. The Kier molecular flexibility index (Phi) is 4.54. The van der Waals surface area contributed by atoms with Crippen LogP contribution < -0.4 is 5.32 Å². The minimum atomic E-state index is -0.221. The fourth-order valence-electron chi connectivity index (χ4n) is 1.93. The molecule has 0 aliphatic carbocycles. The molecule has 0 saturated heterocycles. The van der Waals surface area contributed by atoms with Gasteiger partial charge in [-0.1, -0.05) is 28.9 Å². The van der Waals surface area contributed by atoms with Gasteiger partial charge in [-0.25, -0.2) is 4.39 Å². The molecule has 0 aliphatic rings. The van der Waals surface area contributed by atoms with Gasteiger partial charge < -0.3 is 5.32 Å². The molecule has 2 aromatic rings. The van der Waals surface area contributed by atoms with E-state index < -0.39 is 0 Å². The molecule has 2 rings (SSSR count). The maximum Gasteiger partial charge on any atom is 0.124 e. The highest BCUT2D eigenvalue weighted by Gasteiger charge is 2.17. The lowest BCUT2D eigenvalue weighted by Gasteiger charge is -2.16. The highest BCUT2D eigenvalue weighted by molar-refractivity contribution is 9.10. The van der Waals surface area contributed by atoms with Gasteiger partial charge in [0.1, 0.15) is 5.82 Å². The molecule has 1 unspecified atom stereocenters. The number of hydrogen-bond donors (Lipinski definition) is 1. The van der Waals surface area contributed by atoms with Crippen molar-refractivity contribution < 1.29 is 4.39 Å². The summed E-state index contributed by atoms with van der Waals surface area (Å²) in [7, 11) is 1.92. The van der Waals surface area contributed by atoms with Crippen molar-refractivity contribution in [1.82, 2.24) is 5.32 Å². The molecular weight excluding hydrogens is 313 g/mol. The predicted molar refractivity (Wildman–Crippen MR) is 78.7 cm³/mol. The molecule has 0 aliphatic heterocycles. The molecule has 4 heteroatoms. The lowest BCUT2D eigenvalue weighted by atomic mass is 10.1. The van der Waals surface area contributed by atoms with Crippen molar-refractivity contribution in [2.75, 3.05) is 7.05 Å². The van der Waals surface area contributed by atoms with Gasteiger partial charge in [-0.15, -0.1) is 11.3 Å². The Labute approximate surface area is 119 Å². The first-order valence-electron chi connectivity index (χ1n) is 5.86. The Hall–Kier alpha value is -0.710. The van der Waals surface area contributed by atoms with Crippen LogP contribution in [-0.2, 0) is 6.42 Å². The topological polar surface area (TPSA) is 12.0 Å². The maximum atomic E-state index is 13.1. The van der Waals surface area contributed by atoms with Crippen LogP contribution in [0.1, 0.15) is 28.3 Å². The van der Waals surface area contributed by atoms with E-state index in [4.69, 9.17) is 0 Å². The van der Waals surface area contributed by atoms with Gasteiger partial charge in [0.05, 0.1) is 6.04 Å². The molecule has 1 N–H and O–H groups in total. The molecule has 1 aromatic carbocycles. The molecular formula is C14H15BrFNS. The van der Waals surface area contributed by atoms with Crippen LogP contribution >= 0.6 is 27.3 Å². The molecule has 96 valence electrons. The number of rotatable bonds is 4. The molecule has 1 heterocycles. The van der Waals surface area contributed by atoms with Gasteiger partial charge in [-0.3, -0.25) is 0 Å². The molecule has 0 fully saturated rings. The summed E-state index contributed by atoms with van der Waals surface area (Å²) in [5.41, 5.74) is 1.06. The number of aryl methyl sites for hydroxylation is 1. The van der Waals surface area contributed by atoms with Crippen molar-refractivity contribution in [3.63, 3.8) is 0 Å². The summed E-state index contributed by atoms with van der Waals surface area (Å²) in [6.07, 6.45) is 1.05. The lowest BCUT2D eigenvalue weighted by Crippen LogP contribution is -2.17. The van der Waals surface area contributed by atoms with Crippen molar-refractivity contribution in [2.24, 2.45) is 0 Å². The van der Waals surface area contributed by atoms with Crippen LogP contribution in [0.2, 0.25) is 0 Å². The van der Waals surface area contributed by atoms with Gasteiger partial charge in [0.2, 0.25) is 0 Å². The van der Waals surface area contributed by atoms with Crippen LogP contribution in [0.3, 0.4) is 0 Å². The quantitative estimate of drug-likeness (QED) is 0.870. The highest BCUT2D eigenvalue weighted by atomic mass is 79.9. The summed E-state index contributed by atoms with van der Waals surface area (Å²) in [4.78, 5) is 2.62. The molecule has 1 nitrogen and oxygen atoms in total. The summed E-state index contributed by atoms with van der Waals surface area (Å²) in [6, 6.07) is 9.23. The van der Waals surface area contributed by atoms with Crippen molar-refractivity contribution >= 4 is 27.3 Å². The third-order valence-corrected chi connectivity index (χ3v) is 4.86. The van der Waals surface area contributed by atoms with Crippen LogP contribution in [0.25, 0.3) is 0 Å². The molecule has 0 amide bonds. The Balaban J connectivity index is 2.38. The third-order valence-electron chi connectivity index (χ3n) is 2.88. The SMILES string of the molecule is CCc1ccc(C(NC)c2ccc(F)cc2Br)s1. The van der Waals surface area contributed by atoms with E-state index in [1.165, 1.54) is 21.9 Å². The summed E-state index contributed by atoms with van der Waals surface area (Å²) >= 11 is 5.23. The van der Waals surface area contributed by atoms with E-state index in [2.05, 4.69) is 40.3 Å². The van der Waals surface area contributed by atoms with Gasteiger partial charge in [0, 0.05) is 14.2 Å². The first-order chi connectivity index (χ1) is 8.65. The van der Waals surface area contributed by atoms with Gasteiger partial charge in [-0.05, 0) is 43.3 Å². The minimum absolute atomic E-state index is 0.102. The van der Waals surface area contributed by atoms with Gasteiger partial charge >= 0.3 is 0 Å². The number of halogens is 2. The second-order valence-corrected chi connectivity index (χ2v) is 6.10. The normalized spacial score (nSPS) is 12.7. The standard InChI is InChI=1S/C14H15BrFNS/c1-3-10-5-7-13(18-10)14(17-2)11-6-4-9(16)8-12(11)15/h4-8,14,17H,3H2,1-2H3.